The lowest BCUT2D eigenvalue weighted by Crippen LogP contribution is -2.35. The zero-order chi connectivity index (χ0) is 16.0. The Morgan fingerprint density at radius 2 is 2.00 bits per heavy atom. The van der Waals surface area contributed by atoms with Crippen molar-refractivity contribution in [3.05, 3.63) is 29.3 Å². The summed E-state index contributed by atoms with van der Waals surface area (Å²) in [6.07, 6.45) is -2.22. The van der Waals surface area contributed by atoms with Gasteiger partial charge >= 0.3 is 6.18 Å². The van der Waals surface area contributed by atoms with Crippen molar-refractivity contribution in [3.63, 3.8) is 0 Å². The van der Waals surface area contributed by atoms with E-state index in [2.05, 4.69) is 5.32 Å². The maximum atomic E-state index is 12.9. The van der Waals surface area contributed by atoms with Gasteiger partial charge in [0, 0.05) is 6.04 Å². The van der Waals surface area contributed by atoms with Crippen LogP contribution in [0.4, 0.5) is 18.9 Å². The molecular formula is C14H20F3N3O. The standard InChI is InChI=1S/C14H20F3N3O/c1-3-6-9(4-2)19-13(21)10-7-5-8-11(12(10)20-18)14(15,16)17/h5,7-9,20H,3-4,6,18H2,1-2H3,(H,19,21). The number of nitrogens with one attached hydrogen (secondary N) is 2. The molecule has 0 saturated heterocycles. The zero-order valence-corrected chi connectivity index (χ0v) is 12.1. The third-order valence-corrected chi connectivity index (χ3v) is 3.22. The Hall–Kier alpha value is -1.76. The predicted octanol–water partition coefficient (Wildman–Crippen LogP) is 3.30. The van der Waals surface area contributed by atoms with Crippen LogP contribution in [0.5, 0.6) is 0 Å². The van der Waals surface area contributed by atoms with E-state index in [0.717, 1.165) is 18.9 Å². The molecule has 1 rings (SSSR count). The van der Waals surface area contributed by atoms with Crippen molar-refractivity contribution in [2.75, 3.05) is 5.43 Å². The highest BCUT2D eigenvalue weighted by Gasteiger charge is 2.35. The Labute approximate surface area is 121 Å². The largest absolute Gasteiger partial charge is 0.418 e. The van der Waals surface area contributed by atoms with E-state index in [9.17, 15) is 18.0 Å². The summed E-state index contributed by atoms with van der Waals surface area (Å²) < 4.78 is 38.7. The molecule has 4 N–H and O–H groups in total. The highest BCUT2D eigenvalue weighted by atomic mass is 19.4. The zero-order valence-electron chi connectivity index (χ0n) is 12.1. The average molecular weight is 303 g/mol. The molecule has 1 amide bonds. The van der Waals surface area contributed by atoms with Gasteiger partial charge in [-0.25, -0.2) is 0 Å². The molecule has 118 valence electrons. The van der Waals surface area contributed by atoms with E-state index in [-0.39, 0.29) is 11.6 Å². The normalized spacial score (nSPS) is 12.9. The van der Waals surface area contributed by atoms with Crippen molar-refractivity contribution in [2.24, 2.45) is 5.84 Å². The number of nitrogens with two attached hydrogens (primary N) is 1. The highest BCUT2D eigenvalue weighted by molar-refractivity contribution is 6.00. The SMILES string of the molecule is CCCC(CC)NC(=O)c1cccc(C(F)(F)F)c1NN. The molecule has 0 aliphatic heterocycles. The molecule has 0 saturated carbocycles. The molecule has 0 bridgehead atoms. The van der Waals surface area contributed by atoms with Gasteiger partial charge in [0.1, 0.15) is 0 Å². The third kappa shape index (κ3) is 4.35. The number of para-hydroxylation sites is 1. The van der Waals surface area contributed by atoms with Crippen molar-refractivity contribution < 1.29 is 18.0 Å². The molecule has 1 aromatic carbocycles. The van der Waals surface area contributed by atoms with Crippen LogP contribution in [0.2, 0.25) is 0 Å². The summed E-state index contributed by atoms with van der Waals surface area (Å²) in [5, 5.41) is 2.74. The van der Waals surface area contributed by atoms with Crippen LogP contribution < -0.4 is 16.6 Å². The Morgan fingerprint density at radius 1 is 1.33 bits per heavy atom. The van der Waals surface area contributed by atoms with Gasteiger partial charge in [-0.05, 0) is 25.0 Å². The molecule has 0 spiro atoms. The van der Waals surface area contributed by atoms with Gasteiger partial charge in [0.15, 0.2) is 0 Å². The fourth-order valence-electron chi connectivity index (χ4n) is 2.12. The van der Waals surface area contributed by atoms with Crippen molar-refractivity contribution in [1.29, 1.82) is 0 Å². The molecule has 1 aromatic rings. The topological polar surface area (TPSA) is 67.2 Å². The van der Waals surface area contributed by atoms with Crippen LogP contribution in [0.25, 0.3) is 0 Å². The highest BCUT2D eigenvalue weighted by Crippen LogP contribution is 2.36. The van der Waals surface area contributed by atoms with Crippen molar-refractivity contribution in [1.82, 2.24) is 5.32 Å². The van der Waals surface area contributed by atoms with Crippen LogP contribution in [-0.4, -0.2) is 11.9 Å². The van der Waals surface area contributed by atoms with Gasteiger partial charge < -0.3 is 10.7 Å². The number of hydrogen-bond acceptors (Lipinski definition) is 3. The summed E-state index contributed by atoms with van der Waals surface area (Å²) in [7, 11) is 0. The smallest absolute Gasteiger partial charge is 0.349 e. The maximum absolute atomic E-state index is 12.9. The van der Waals surface area contributed by atoms with E-state index >= 15 is 0 Å². The number of alkyl halides is 3. The molecular weight excluding hydrogens is 283 g/mol. The summed E-state index contributed by atoms with van der Waals surface area (Å²) in [4.78, 5) is 12.2. The Kier molecular flexibility index (Phi) is 6.02. The van der Waals surface area contributed by atoms with Crippen LogP contribution in [0.3, 0.4) is 0 Å². The molecule has 4 nitrogen and oxygen atoms in total. The minimum Gasteiger partial charge on any atom is -0.349 e. The van der Waals surface area contributed by atoms with Crippen molar-refractivity contribution >= 4 is 11.6 Å². The van der Waals surface area contributed by atoms with Crippen molar-refractivity contribution in [3.8, 4) is 0 Å². The fraction of sp³-hybridized carbons (Fsp3) is 0.500. The van der Waals surface area contributed by atoms with E-state index in [4.69, 9.17) is 5.84 Å². The first-order valence-electron chi connectivity index (χ1n) is 6.82. The number of rotatable bonds is 6. The molecule has 0 aliphatic carbocycles. The minimum absolute atomic E-state index is 0.0670. The van der Waals surface area contributed by atoms with Crippen LogP contribution >= 0.6 is 0 Å². The Balaban J connectivity index is 3.10. The van der Waals surface area contributed by atoms with Crippen LogP contribution in [-0.2, 0) is 6.18 Å². The number of hydrogen-bond donors (Lipinski definition) is 3. The number of hydrazine groups is 1. The van der Waals surface area contributed by atoms with Gasteiger partial charge in [-0.2, -0.15) is 13.2 Å². The van der Waals surface area contributed by atoms with Gasteiger partial charge in [-0.15, -0.1) is 0 Å². The monoisotopic (exact) mass is 303 g/mol. The van der Waals surface area contributed by atoms with E-state index in [1.165, 1.54) is 12.1 Å². The summed E-state index contributed by atoms with van der Waals surface area (Å²) in [6.45, 7) is 3.89. The summed E-state index contributed by atoms with van der Waals surface area (Å²) in [5.74, 6) is 4.62. The summed E-state index contributed by atoms with van der Waals surface area (Å²) in [5.41, 5.74) is 0.519. The molecule has 0 radical (unpaired) electrons. The number of nitrogen functional groups attached to an aromatic ring is 1. The van der Waals surface area contributed by atoms with Crippen LogP contribution in [0, 0.1) is 0 Å². The molecule has 0 aliphatic rings. The summed E-state index contributed by atoms with van der Waals surface area (Å²) >= 11 is 0. The van der Waals surface area contributed by atoms with E-state index in [1.54, 1.807) is 0 Å². The first-order valence-corrected chi connectivity index (χ1v) is 6.82. The fourth-order valence-corrected chi connectivity index (χ4v) is 2.12. The molecule has 7 heteroatoms. The Bertz CT molecular complexity index is 489. The predicted molar refractivity (Wildman–Crippen MR) is 75.7 cm³/mol. The summed E-state index contributed by atoms with van der Waals surface area (Å²) in [6, 6.07) is 3.33. The number of anilines is 1. The second kappa shape index (κ2) is 7.31. The maximum Gasteiger partial charge on any atom is 0.418 e. The molecule has 0 aromatic heterocycles. The van der Waals surface area contributed by atoms with Gasteiger partial charge in [0.05, 0.1) is 16.8 Å². The average Bonchev–Trinajstić information content (AvgIpc) is 2.44. The number of carbonyl (C=O) groups excluding carboxylic acids is 1. The quantitative estimate of drug-likeness (QED) is 0.558. The lowest BCUT2D eigenvalue weighted by atomic mass is 10.0. The lowest BCUT2D eigenvalue weighted by molar-refractivity contribution is -0.137. The molecule has 1 unspecified atom stereocenters. The second-order valence-electron chi connectivity index (χ2n) is 4.74. The Morgan fingerprint density at radius 3 is 2.48 bits per heavy atom. The number of benzene rings is 1. The van der Waals surface area contributed by atoms with Gasteiger partial charge in [-0.1, -0.05) is 26.3 Å². The molecule has 21 heavy (non-hydrogen) atoms. The molecule has 1 atom stereocenters. The van der Waals surface area contributed by atoms with Crippen LogP contribution in [0.1, 0.15) is 49.0 Å². The lowest BCUT2D eigenvalue weighted by Gasteiger charge is -2.19. The third-order valence-electron chi connectivity index (χ3n) is 3.22. The van der Waals surface area contributed by atoms with Crippen LogP contribution in [0.15, 0.2) is 18.2 Å². The molecule has 0 heterocycles. The molecule has 0 fully saturated rings. The van der Waals surface area contributed by atoms with Gasteiger partial charge in [0.2, 0.25) is 0 Å². The number of halogens is 3. The van der Waals surface area contributed by atoms with Gasteiger partial charge in [-0.3, -0.25) is 10.6 Å². The van der Waals surface area contributed by atoms with Gasteiger partial charge in [0.25, 0.3) is 5.91 Å². The van der Waals surface area contributed by atoms with E-state index in [1.807, 2.05) is 19.3 Å². The van der Waals surface area contributed by atoms with E-state index in [0.29, 0.717) is 6.42 Å². The van der Waals surface area contributed by atoms with E-state index < -0.39 is 23.3 Å². The van der Waals surface area contributed by atoms with Crippen molar-refractivity contribution in [2.45, 2.75) is 45.3 Å². The first kappa shape index (κ1) is 17.3. The number of carbonyl (C=O) groups is 1. The minimum atomic E-state index is -4.58. The number of amides is 1. The second-order valence-corrected chi connectivity index (χ2v) is 4.74. The first-order chi connectivity index (χ1) is 9.85.